The Morgan fingerprint density at radius 3 is 2.42 bits per heavy atom. The first-order valence-corrected chi connectivity index (χ1v) is 6.41. The fourth-order valence-electron chi connectivity index (χ4n) is 1.77. The lowest BCUT2D eigenvalue weighted by Crippen LogP contribution is -2.02. The molecule has 0 fully saturated rings. The molecule has 19 heavy (non-hydrogen) atoms. The second-order valence-corrected chi connectivity index (χ2v) is 4.32. The molecule has 0 bridgehead atoms. The summed E-state index contributed by atoms with van der Waals surface area (Å²) in [4.78, 5) is 11.3. The summed E-state index contributed by atoms with van der Waals surface area (Å²) in [6.45, 7) is 2.14. The van der Waals surface area contributed by atoms with Crippen LogP contribution in [0, 0.1) is 0 Å². The van der Waals surface area contributed by atoms with Gasteiger partial charge in [-0.15, -0.1) is 0 Å². The minimum atomic E-state index is -0.756. The van der Waals surface area contributed by atoms with Crippen LogP contribution in [0.2, 0.25) is 0 Å². The van der Waals surface area contributed by atoms with E-state index in [2.05, 4.69) is 11.7 Å². The Kier molecular flexibility index (Phi) is 5.93. The molecule has 1 aromatic rings. The smallest absolute Gasteiger partial charge is 0.345 e. The van der Waals surface area contributed by atoms with Gasteiger partial charge >= 0.3 is 5.97 Å². The van der Waals surface area contributed by atoms with E-state index in [4.69, 9.17) is 0 Å². The Morgan fingerprint density at radius 2 is 1.89 bits per heavy atom. The molecule has 0 radical (unpaired) electrons. The van der Waals surface area contributed by atoms with Crippen molar-refractivity contribution in [3.63, 3.8) is 0 Å². The van der Waals surface area contributed by atoms with Gasteiger partial charge in [0.05, 0.1) is 7.11 Å². The molecule has 2 N–H and O–H groups in total. The largest absolute Gasteiger partial charge is 0.507 e. The highest BCUT2D eigenvalue weighted by molar-refractivity contribution is 5.95. The van der Waals surface area contributed by atoms with E-state index in [1.165, 1.54) is 32.1 Å². The van der Waals surface area contributed by atoms with Crippen LogP contribution in [0.15, 0.2) is 18.2 Å². The van der Waals surface area contributed by atoms with Gasteiger partial charge in [0.15, 0.2) is 0 Å². The molecule has 0 aliphatic carbocycles. The van der Waals surface area contributed by atoms with Crippen molar-refractivity contribution in [1.82, 2.24) is 0 Å². The van der Waals surface area contributed by atoms with Gasteiger partial charge in [0.2, 0.25) is 0 Å². The number of esters is 1. The number of hydrogen-bond donors (Lipinski definition) is 2. The van der Waals surface area contributed by atoms with Crippen LogP contribution < -0.4 is 0 Å². The highest BCUT2D eigenvalue weighted by Gasteiger charge is 2.17. The summed E-state index contributed by atoms with van der Waals surface area (Å²) in [6, 6.07) is 2.87. The van der Waals surface area contributed by atoms with E-state index < -0.39 is 5.97 Å². The lowest BCUT2D eigenvalue weighted by atomic mass is 10.1. The lowest BCUT2D eigenvalue weighted by Gasteiger charge is -2.06. The Balaban J connectivity index is 2.80. The van der Waals surface area contributed by atoms with E-state index in [0.29, 0.717) is 5.56 Å². The van der Waals surface area contributed by atoms with Crippen LogP contribution in [0.4, 0.5) is 0 Å². The van der Waals surface area contributed by atoms with Gasteiger partial charge in [-0.1, -0.05) is 31.9 Å². The Morgan fingerprint density at radius 1 is 1.26 bits per heavy atom. The first kappa shape index (κ1) is 15.1. The molecule has 0 aromatic heterocycles. The van der Waals surface area contributed by atoms with Crippen LogP contribution in [-0.4, -0.2) is 23.3 Å². The van der Waals surface area contributed by atoms with E-state index in [1.54, 1.807) is 0 Å². The van der Waals surface area contributed by atoms with E-state index >= 15 is 0 Å². The number of phenolic OH excluding ortho intramolecular Hbond substituents is 2. The molecule has 0 unspecified atom stereocenters. The summed E-state index contributed by atoms with van der Waals surface area (Å²) in [6.07, 6.45) is 8.22. The Labute approximate surface area is 113 Å². The van der Waals surface area contributed by atoms with E-state index in [-0.39, 0.29) is 17.1 Å². The van der Waals surface area contributed by atoms with Gasteiger partial charge in [-0.2, -0.15) is 0 Å². The van der Waals surface area contributed by atoms with Crippen molar-refractivity contribution in [3.05, 3.63) is 29.3 Å². The summed E-state index contributed by atoms with van der Waals surface area (Å²) >= 11 is 0. The normalized spacial score (nSPS) is 10.8. The van der Waals surface area contributed by atoms with Crippen LogP contribution in [-0.2, 0) is 4.74 Å². The van der Waals surface area contributed by atoms with Crippen molar-refractivity contribution >= 4 is 12.0 Å². The maximum atomic E-state index is 11.3. The van der Waals surface area contributed by atoms with Gasteiger partial charge in [-0.05, 0) is 30.5 Å². The number of benzene rings is 1. The summed E-state index contributed by atoms with van der Waals surface area (Å²) in [5, 5.41) is 19.4. The molecule has 0 amide bonds. The number of allylic oxidation sites excluding steroid dienone is 1. The van der Waals surface area contributed by atoms with Crippen molar-refractivity contribution in [1.29, 1.82) is 0 Å². The second-order valence-electron chi connectivity index (χ2n) is 4.32. The topological polar surface area (TPSA) is 66.8 Å². The molecule has 0 saturated carbocycles. The van der Waals surface area contributed by atoms with Gasteiger partial charge < -0.3 is 14.9 Å². The first-order valence-electron chi connectivity index (χ1n) is 6.41. The number of aromatic hydroxyl groups is 2. The van der Waals surface area contributed by atoms with Crippen LogP contribution in [0.25, 0.3) is 6.08 Å². The second kappa shape index (κ2) is 7.46. The summed E-state index contributed by atoms with van der Waals surface area (Å²) in [5.74, 6) is -1.31. The maximum Gasteiger partial charge on any atom is 0.345 e. The third-order valence-electron chi connectivity index (χ3n) is 2.79. The van der Waals surface area contributed by atoms with Crippen LogP contribution >= 0.6 is 0 Å². The average Bonchev–Trinajstić information content (AvgIpc) is 2.37. The minimum Gasteiger partial charge on any atom is -0.507 e. The van der Waals surface area contributed by atoms with Gasteiger partial charge in [-0.25, -0.2) is 4.79 Å². The molecule has 1 aromatic carbocycles. The fraction of sp³-hybridized carbons (Fsp3) is 0.400. The highest BCUT2D eigenvalue weighted by Crippen LogP contribution is 2.30. The average molecular weight is 264 g/mol. The number of phenols is 2. The van der Waals surface area contributed by atoms with Crippen molar-refractivity contribution in [3.8, 4) is 11.5 Å². The molecule has 0 aliphatic heterocycles. The first-order chi connectivity index (χ1) is 9.10. The number of unbranched alkanes of at least 4 members (excludes halogenated alkanes) is 3. The molecule has 0 saturated heterocycles. The van der Waals surface area contributed by atoms with Crippen molar-refractivity contribution in [2.24, 2.45) is 0 Å². The molecule has 1 rings (SSSR count). The monoisotopic (exact) mass is 264 g/mol. The third-order valence-corrected chi connectivity index (χ3v) is 2.79. The molecular formula is C15H20O4. The molecular weight excluding hydrogens is 244 g/mol. The highest BCUT2D eigenvalue weighted by atomic mass is 16.5. The fourth-order valence-corrected chi connectivity index (χ4v) is 1.77. The minimum absolute atomic E-state index is 0.203. The summed E-state index contributed by atoms with van der Waals surface area (Å²) in [5.41, 5.74) is 0.449. The lowest BCUT2D eigenvalue weighted by molar-refractivity contribution is 0.0594. The SMILES string of the molecule is CCCCC/C=C/c1cc(O)c(C(=O)OC)c(O)c1. The van der Waals surface area contributed by atoms with E-state index in [0.717, 1.165) is 12.8 Å². The molecule has 0 spiro atoms. The molecule has 0 aliphatic rings. The van der Waals surface area contributed by atoms with Crippen LogP contribution in [0.3, 0.4) is 0 Å². The number of rotatable bonds is 6. The number of ether oxygens (including phenoxy) is 1. The number of carbonyl (C=O) groups excluding carboxylic acids is 1. The van der Waals surface area contributed by atoms with E-state index in [1.807, 2.05) is 12.2 Å². The molecule has 0 atom stereocenters. The van der Waals surface area contributed by atoms with E-state index in [9.17, 15) is 15.0 Å². The third kappa shape index (κ3) is 4.32. The number of hydrogen-bond acceptors (Lipinski definition) is 4. The van der Waals surface area contributed by atoms with Gasteiger partial charge in [0.25, 0.3) is 0 Å². The molecule has 4 heteroatoms. The van der Waals surface area contributed by atoms with Crippen molar-refractivity contribution in [2.45, 2.75) is 32.6 Å². The van der Waals surface area contributed by atoms with Gasteiger partial charge in [0, 0.05) is 0 Å². The Bertz CT molecular complexity index is 440. The zero-order valence-electron chi connectivity index (χ0n) is 11.3. The summed E-state index contributed by atoms with van der Waals surface area (Å²) in [7, 11) is 1.20. The Hall–Kier alpha value is -1.97. The maximum absolute atomic E-state index is 11.3. The van der Waals surface area contributed by atoms with Gasteiger partial charge in [-0.3, -0.25) is 0 Å². The number of methoxy groups -OCH3 is 1. The zero-order chi connectivity index (χ0) is 14.3. The predicted molar refractivity (Wildman–Crippen MR) is 74.3 cm³/mol. The van der Waals surface area contributed by atoms with Gasteiger partial charge in [0.1, 0.15) is 17.1 Å². The van der Waals surface area contributed by atoms with Crippen LogP contribution in [0.1, 0.15) is 48.5 Å². The van der Waals surface area contributed by atoms with Crippen molar-refractivity contribution in [2.75, 3.05) is 7.11 Å². The molecule has 4 nitrogen and oxygen atoms in total. The van der Waals surface area contributed by atoms with Crippen molar-refractivity contribution < 1.29 is 19.7 Å². The predicted octanol–water partition coefficient (Wildman–Crippen LogP) is 3.48. The number of carbonyl (C=O) groups is 1. The standard InChI is InChI=1S/C15H20O4/c1-3-4-5-6-7-8-11-9-12(16)14(13(17)10-11)15(18)19-2/h7-10,16-17H,3-6H2,1-2H3/b8-7+. The van der Waals surface area contributed by atoms with Crippen LogP contribution in [0.5, 0.6) is 11.5 Å². The zero-order valence-corrected chi connectivity index (χ0v) is 11.3. The molecule has 0 heterocycles. The summed E-state index contributed by atoms with van der Waals surface area (Å²) < 4.78 is 4.49. The molecule has 104 valence electrons. The quantitative estimate of drug-likeness (QED) is 0.609.